The molecule has 0 saturated carbocycles. The van der Waals surface area contributed by atoms with Gasteiger partial charge in [-0.1, -0.05) is 0 Å². The number of hydrogen-bond donors (Lipinski definition) is 0. The van der Waals surface area contributed by atoms with E-state index in [1.165, 1.54) is 70.6 Å². The first-order chi connectivity index (χ1) is 10.3. The second kappa shape index (κ2) is 18.8. The van der Waals surface area contributed by atoms with Crippen molar-refractivity contribution in [2.75, 3.05) is 0 Å². The van der Waals surface area contributed by atoms with Crippen molar-refractivity contribution in [3.63, 3.8) is 0 Å². The first-order valence-electron chi connectivity index (χ1n) is 10.3. The monoisotopic (exact) mass is 404 g/mol. The third-order valence-corrected chi connectivity index (χ3v) is 15.4. The molecular formula is C20H44Sn. The molecule has 128 valence electrons. The fraction of sp³-hybridized carbons (Fsp3) is 1.00. The van der Waals surface area contributed by atoms with Crippen molar-refractivity contribution in [1.29, 1.82) is 0 Å². The van der Waals surface area contributed by atoms with Crippen molar-refractivity contribution in [1.82, 2.24) is 0 Å². The Bertz CT molecular complexity index is 163. The molecule has 0 aliphatic carbocycles. The average Bonchev–Trinajstić information content (AvgIpc) is 2.50. The molecule has 0 aromatic rings. The zero-order valence-corrected chi connectivity index (χ0v) is 18.9. The van der Waals surface area contributed by atoms with Crippen LogP contribution in [0.25, 0.3) is 0 Å². The van der Waals surface area contributed by atoms with Gasteiger partial charge in [0, 0.05) is 0 Å². The molecule has 21 heavy (non-hydrogen) atoms. The minimum absolute atomic E-state index is 1.09. The van der Waals surface area contributed by atoms with Gasteiger partial charge in [-0.15, -0.1) is 0 Å². The van der Waals surface area contributed by atoms with Crippen LogP contribution in [0.3, 0.4) is 0 Å². The fourth-order valence-corrected chi connectivity index (χ4v) is 13.6. The van der Waals surface area contributed by atoms with E-state index in [1.54, 1.807) is 32.6 Å². The van der Waals surface area contributed by atoms with E-state index in [9.17, 15) is 0 Å². The second-order valence-electron chi connectivity index (χ2n) is 7.12. The summed E-state index contributed by atoms with van der Waals surface area (Å²) in [5.74, 6) is 0. The minimum atomic E-state index is -1.09. The van der Waals surface area contributed by atoms with Crippen LogP contribution >= 0.6 is 0 Å². The van der Waals surface area contributed by atoms with E-state index < -0.39 is 19.8 Å². The van der Waals surface area contributed by atoms with Gasteiger partial charge < -0.3 is 0 Å². The Hall–Kier alpha value is 0.799. The number of hydrogen-bond acceptors (Lipinski definition) is 0. The second-order valence-corrected chi connectivity index (χ2v) is 17.0. The molecule has 0 amide bonds. The van der Waals surface area contributed by atoms with E-state index in [2.05, 4.69) is 20.8 Å². The van der Waals surface area contributed by atoms with Gasteiger partial charge in [0.2, 0.25) is 0 Å². The van der Waals surface area contributed by atoms with Crippen LogP contribution in [0.2, 0.25) is 13.3 Å². The summed E-state index contributed by atoms with van der Waals surface area (Å²) in [5.41, 5.74) is 0. The Labute approximate surface area is 143 Å². The summed E-state index contributed by atoms with van der Waals surface area (Å²) in [5, 5.41) is 0. The zero-order valence-electron chi connectivity index (χ0n) is 15.6. The summed E-state index contributed by atoms with van der Waals surface area (Å²) in [6, 6.07) is 0. The fourth-order valence-electron chi connectivity index (χ4n) is 3.35. The van der Waals surface area contributed by atoms with E-state index in [0.717, 1.165) is 0 Å². The van der Waals surface area contributed by atoms with Crippen LogP contribution < -0.4 is 0 Å². The molecule has 0 aliphatic heterocycles. The van der Waals surface area contributed by atoms with Crippen LogP contribution in [0.15, 0.2) is 0 Å². The molecule has 0 aliphatic rings. The van der Waals surface area contributed by atoms with Crippen molar-refractivity contribution in [2.24, 2.45) is 0 Å². The van der Waals surface area contributed by atoms with Gasteiger partial charge in [-0.2, -0.15) is 0 Å². The van der Waals surface area contributed by atoms with Crippen molar-refractivity contribution >= 4 is 19.8 Å². The van der Waals surface area contributed by atoms with Gasteiger partial charge in [0.15, 0.2) is 0 Å². The summed E-state index contributed by atoms with van der Waals surface area (Å²) in [7, 11) is 0. The summed E-state index contributed by atoms with van der Waals surface area (Å²) in [6.07, 6.45) is 20.9. The quantitative estimate of drug-likeness (QED) is 0.172. The molecule has 0 nitrogen and oxygen atoms in total. The summed E-state index contributed by atoms with van der Waals surface area (Å²) in [6.45, 7) is 7.01. The van der Waals surface area contributed by atoms with Gasteiger partial charge >= 0.3 is 144 Å². The third-order valence-electron chi connectivity index (χ3n) is 4.90. The Morgan fingerprint density at radius 3 is 1.14 bits per heavy atom. The molecule has 0 unspecified atom stereocenters. The molecule has 0 rings (SSSR count). The van der Waals surface area contributed by atoms with Gasteiger partial charge in [-0.05, 0) is 0 Å². The van der Waals surface area contributed by atoms with Crippen molar-refractivity contribution in [3.8, 4) is 0 Å². The molecule has 0 atom stereocenters. The van der Waals surface area contributed by atoms with Gasteiger partial charge in [0.1, 0.15) is 0 Å². The first-order valence-corrected chi connectivity index (χ1v) is 17.3. The van der Waals surface area contributed by atoms with Crippen molar-refractivity contribution in [2.45, 2.75) is 124 Å². The molecule has 0 saturated heterocycles. The van der Waals surface area contributed by atoms with Crippen LogP contribution in [-0.2, 0) is 0 Å². The molecule has 0 bridgehead atoms. The molecule has 0 fully saturated rings. The topological polar surface area (TPSA) is 0 Å². The summed E-state index contributed by atoms with van der Waals surface area (Å²) >= 11 is -1.09. The van der Waals surface area contributed by atoms with E-state index in [-0.39, 0.29) is 0 Å². The van der Waals surface area contributed by atoms with Crippen LogP contribution in [0.4, 0.5) is 0 Å². The van der Waals surface area contributed by atoms with Crippen LogP contribution in [0, 0.1) is 0 Å². The molecule has 0 aromatic carbocycles. The Morgan fingerprint density at radius 2 is 0.714 bits per heavy atom. The van der Waals surface area contributed by atoms with Crippen LogP contribution in [0.1, 0.15) is 111 Å². The number of unbranched alkanes of at least 4 members (excludes halogenated alkanes) is 11. The molecular weight excluding hydrogens is 359 g/mol. The van der Waals surface area contributed by atoms with E-state index >= 15 is 0 Å². The van der Waals surface area contributed by atoms with Crippen molar-refractivity contribution < 1.29 is 0 Å². The zero-order chi connectivity index (χ0) is 15.6. The van der Waals surface area contributed by atoms with Crippen molar-refractivity contribution in [3.05, 3.63) is 0 Å². The van der Waals surface area contributed by atoms with E-state index in [1.807, 2.05) is 0 Å². The molecule has 0 heterocycles. The third kappa shape index (κ3) is 17.0. The molecule has 0 radical (unpaired) electrons. The standard InChI is InChI=1S/2C8H17.C4H9.Sn.H/c2*1-3-5-7-8-6-4-2;1-3-4-2;;/h2*1,3-8H2,2H3;1,3-4H2,2H3;;. The summed E-state index contributed by atoms with van der Waals surface area (Å²) < 4.78 is 5.16. The molecule has 1 heteroatoms. The maximum absolute atomic E-state index is 2.37. The van der Waals surface area contributed by atoms with E-state index in [0.29, 0.717) is 0 Å². The van der Waals surface area contributed by atoms with Crippen LogP contribution in [-0.4, -0.2) is 19.8 Å². The maximum atomic E-state index is 2.37. The van der Waals surface area contributed by atoms with Gasteiger partial charge in [-0.25, -0.2) is 0 Å². The summed E-state index contributed by atoms with van der Waals surface area (Å²) in [4.78, 5) is 0. The Balaban J connectivity index is 3.56. The predicted octanol–water partition coefficient (Wildman–Crippen LogP) is 7.73. The first kappa shape index (κ1) is 21.8. The predicted molar refractivity (Wildman–Crippen MR) is 103 cm³/mol. The SMILES string of the molecule is CCCCCCC[CH2][SnH]([CH2]CCC)[CH2]CCCCCCC. The van der Waals surface area contributed by atoms with Gasteiger partial charge in [0.25, 0.3) is 0 Å². The Kier molecular flexibility index (Phi) is 19.6. The van der Waals surface area contributed by atoms with Gasteiger partial charge in [0.05, 0.1) is 0 Å². The number of rotatable bonds is 17. The average molecular weight is 403 g/mol. The van der Waals surface area contributed by atoms with E-state index in [4.69, 9.17) is 0 Å². The van der Waals surface area contributed by atoms with Crippen LogP contribution in [0.5, 0.6) is 0 Å². The normalized spacial score (nSPS) is 11.4. The molecule has 0 N–H and O–H groups in total. The molecule has 0 spiro atoms. The Morgan fingerprint density at radius 1 is 0.381 bits per heavy atom. The van der Waals surface area contributed by atoms with Gasteiger partial charge in [-0.3, -0.25) is 0 Å². The molecule has 0 aromatic heterocycles.